The Bertz CT molecular complexity index is 2270. The number of phenols is 2. The number of rotatable bonds is 16. The molecule has 75 heavy (non-hydrogen) atoms. The van der Waals surface area contributed by atoms with Gasteiger partial charge in [-0.1, -0.05) is 105 Å². The van der Waals surface area contributed by atoms with Crippen LogP contribution in [0, 0.1) is 0 Å². The molecule has 1 aliphatic carbocycles. The zero-order chi connectivity index (χ0) is 51.7. The first-order valence-corrected chi connectivity index (χ1v) is 28.2. The Balaban J connectivity index is 1.36. The Morgan fingerprint density at radius 1 is 0.293 bits per heavy atom. The van der Waals surface area contributed by atoms with Crippen molar-refractivity contribution in [3.05, 3.63) is 68.8 Å². The summed E-state index contributed by atoms with van der Waals surface area (Å²) < 4.78 is 85.6. The quantitative estimate of drug-likeness (QED) is 0.102. The number of fused-ring (bicyclic) bond motifs is 2. The van der Waals surface area contributed by atoms with Crippen molar-refractivity contribution >= 4 is 0 Å². The molecule has 408 valence electrons. The van der Waals surface area contributed by atoms with Gasteiger partial charge in [-0.2, -0.15) is 0 Å². The summed E-state index contributed by atoms with van der Waals surface area (Å²) >= 11 is 0. The first-order chi connectivity index (χ1) is 37.0. The lowest BCUT2D eigenvalue weighted by Gasteiger charge is -2.36. The van der Waals surface area contributed by atoms with Crippen LogP contribution in [0.15, 0.2) is 24.3 Å². The summed E-state index contributed by atoms with van der Waals surface area (Å²) in [6.45, 7) is 10.2. The van der Waals surface area contributed by atoms with Crippen LogP contribution in [-0.4, -0.2) is 90.2 Å². The fraction of sp³-hybridized carbons (Fsp3) is 0.600. The summed E-state index contributed by atoms with van der Waals surface area (Å²) in [7, 11) is 0. The van der Waals surface area contributed by atoms with E-state index in [2.05, 4.69) is 52.0 Å². The molecular formula is C60H78O15. The van der Waals surface area contributed by atoms with Gasteiger partial charge in [-0.3, -0.25) is 0 Å². The van der Waals surface area contributed by atoms with Gasteiger partial charge in [-0.15, -0.1) is 0 Å². The molecule has 12 bridgehead atoms. The smallest absolute Gasteiger partial charge is 0.231 e. The van der Waals surface area contributed by atoms with Gasteiger partial charge < -0.3 is 71.8 Å². The van der Waals surface area contributed by atoms with E-state index in [0.29, 0.717) is 110 Å². The van der Waals surface area contributed by atoms with Crippen LogP contribution in [0.1, 0.15) is 199 Å². The summed E-state index contributed by atoms with van der Waals surface area (Å²) in [5.41, 5.74) is 6.88. The molecule has 5 aliphatic heterocycles. The summed E-state index contributed by atoms with van der Waals surface area (Å²) in [5, 5.41) is 25.7. The van der Waals surface area contributed by atoms with Crippen molar-refractivity contribution in [2.45, 2.75) is 154 Å². The van der Waals surface area contributed by atoms with Crippen molar-refractivity contribution in [1.82, 2.24) is 0 Å². The second-order valence-corrected chi connectivity index (χ2v) is 20.6. The molecule has 15 nitrogen and oxygen atoms in total. The molecule has 0 saturated carbocycles. The third kappa shape index (κ3) is 10.9. The van der Waals surface area contributed by atoms with E-state index in [-0.39, 0.29) is 88.8 Å². The standard InChI is InChI=1S/C60H78O15/c1-5-9-13-17-37-41-29-42-38(18-14-10-6-2)47-32-48-40(20-16-12-8-4)44-30-43-39(19-15-11-7-3)46-31-45(37)55-59-56(46)73-35-70-53(43)50(62)54(44)71-36-75-58(48)60(67-28-26-65-24-22-63-21-23-64-25-27-66-59)57(47)74-34-69-52(42)49(61)51(41)68-33-72-55/h29-32,37-40,61-62H,5-28,33-36H2,1-4H3. The highest BCUT2D eigenvalue weighted by atomic mass is 16.7. The number of benzene rings is 4. The highest BCUT2D eigenvalue weighted by Crippen LogP contribution is 2.62. The van der Waals surface area contributed by atoms with Gasteiger partial charge in [-0.05, 0) is 49.9 Å². The van der Waals surface area contributed by atoms with Gasteiger partial charge in [0.1, 0.15) is 13.2 Å². The Kier molecular flexibility index (Phi) is 17.6. The minimum atomic E-state index is -0.356. The largest absolute Gasteiger partial charge is 0.502 e. The third-order valence-electron chi connectivity index (χ3n) is 15.7. The molecule has 5 heterocycles. The van der Waals surface area contributed by atoms with Crippen LogP contribution >= 0.6 is 0 Å². The number of phenolic OH excluding ortho intramolecular Hbond substituents is 2. The van der Waals surface area contributed by atoms with E-state index < -0.39 is 0 Å². The number of hydrogen-bond acceptors (Lipinski definition) is 15. The molecule has 15 heteroatoms. The molecule has 0 fully saturated rings. The zero-order valence-electron chi connectivity index (χ0n) is 44.6. The van der Waals surface area contributed by atoms with E-state index in [1.54, 1.807) is 0 Å². The van der Waals surface area contributed by atoms with Crippen LogP contribution in [0.5, 0.6) is 69.0 Å². The van der Waals surface area contributed by atoms with E-state index in [1.165, 1.54) is 0 Å². The van der Waals surface area contributed by atoms with Gasteiger partial charge in [0.2, 0.25) is 50.2 Å². The average Bonchev–Trinajstić information content (AvgIpc) is 3.39. The lowest BCUT2D eigenvalue weighted by atomic mass is 9.75. The Morgan fingerprint density at radius 3 is 0.773 bits per heavy atom. The van der Waals surface area contributed by atoms with E-state index in [4.69, 9.17) is 61.6 Å². The minimum absolute atomic E-state index is 0.0931. The predicted molar refractivity (Wildman–Crippen MR) is 281 cm³/mol. The van der Waals surface area contributed by atoms with Crippen molar-refractivity contribution in [3.63, 3.8) is 0 Å². The Morgan fingerprint density at radius 2 is 0.520 bits per heavy atom. The lowest BCUT2D eigenvalue weighted by molar-refractivity contribution is 0.00375. The lowest BCUT2D eigenvalue weighted by Crippen LogP contribution is -2.24. The van der Waals surface area contributed by atoms with Crippen LogP contribution in [0.25, 0.3) is 0 Å². The zero-order valence-corrected chi connectivity index (χ0v) is 44.6. The highest BCUT2D eigenvalue weighted by Gasteiger charge is 2.42. The van der Waals surface area contributed by atoms with Crippen LogP contribution < -0.4 is 47.4 Å². The number of hydrogen-bond donors (Lipinski definition) is 2. The topological polar surface area (TPSA) is 160 Å². The molecule has 4 aromatic carbocycles. The third-order valence-corrected chi connectivity index (χ3v) is 15.7. The van der Waals surface area contributed by atoms with Gasteiger partial charge in [0, 0.05) is 68.2 Å². The van der Waals surface area contributed by atoms with Crippen molar-refractivity contribution in [3.8, 4) is 69.0 Å². The fourth-order valence-electron chi connectivity index (χ4n) is 12.1. The summed E-state index contributed by atoms with van der Waals surface area (Å²) in [6, 6.07) is 8.96. The molecule has 6 aliphatic rings. The average molecular weight is 1040 g/mol. The van der Waals surface area contributed by atoms with Crippen LogP contribution in [-0.2, 0) is 14.2 Å². The van der Waals surface area contributed by atoms with E-state index in [1.807, 2.05) is 0 Å². The first-order valence-electron chi connectivity index (χ1n) is 28.2. The fourth-order valence-corrected chi connectivity index (χ4v) is 12.1. The number of ether oxygens (including phenoxy) is 13. The molecule has 4 unspecified atom stereocenters. The maximum Gasteiger partial charge on any atom is 0.231 e. The summed E-state index contributed by atoms with van der Waals surface area (Å²) in [6.07, 6.45) is 14.4. The minimum Gasteiger partial charge on any atom is -0.502 e. The number of unbranched alkanes of at least 4 members (excludes halogenated alkanes) is 8. The molecule has 4 aromatic rings. The molecule has 0 amide bonds. The van der Waals surface area contributed by atoms with Gasteiger partial charge in [0.05, 0.1) is 39.6 Å². The summed E-state index contributed by atoms with van der Waals surface area (Å²) in [5.74, 6) is 2.47. The van der Waals surface area contributed by atoms with E-state index >= 15 is 0 Å². The van der Waals surface area contributed by atoms with Crippen molar-refractivity contribution in [2.75, 3.05) is 80.0 Å². The maximum absolute atomic E-state index is 12.8. The first kappa shape index (κ1) is 52.8. The van der Waals surface area contributed by atoms with Crippen molar-refractivity contribution in [1.29, 1.82) is 0 Å². The van der Waals surface area contributed by atoms with Gasteiger partial charge in [0.25, 0.3) is 0 Å². The molecular weight excluding hydrogens is 961 g/mol. The van der Waals surface area contributed by atoms with Gasteiger partial charge >= 0.3 is 0 Å². The Labute approximate surface area is 442 Å². The normalized spacial score (nSPS) is 20.7. The molecule has 0 radical (unpaired) electrons. The van der Waals surface area contributed by atoms with Crippen molar-refractivity contribution in [2.24, 2.45) is 0 Å². The molecule has 10 rings (SSSR count). The maximum atomic E-state index is 12.8. The Hall–Kier alpha value is -5.64. The SMILES string of the molecule is CCCCCC1c2cc3c4c(O)c2OCOc2c1cc1c5c2OCCOCCOCCOCCOc2c(c(cc6c2OCOc2c(cc(c(c2O)OCO5)C1CCCCC)C6CCCCC)C3CCCCC)OCO4. The molecule has 4 atom stereocenters. The van der Waals surface area contributed by atoms with E-state index in [0.717, 1.165) is 122 Å². The molecule has 0 saturated heterocycles. The van der Waals surface area contributed by atoms with Crippen LogP contribution in [0.3, 0.4) is 0 Å². The van der Waals surface area contributed by atoms with Crippen molar-refractivity contribution < 1.29 is 71.8 Å². The van der Waals surface area contributed by atoms with Crippen LogP contribution in [0.2, 0.25) is 0 Å². The monoisotopic (exact) mass is 1040 g/mol. The second-order valence-electron chi connectivity index (χ2n) is 20.6. The second kappa shape index (κ2) is 25.0. The molecule has 0 spiro atoms. The number of aromatic hydroxyl groups is 2. The highest BCUT2D eigenvalue weighted by molar-refractivity contribution is 5.73. The molecule has 0 aromatic heterocycles. The van der Waals surface area contributed by atoms with E-state index in [9.17, 15) is 10.2 Å². The molecule has 2 N–H and O–H groups in total. The predicted octanol–water partition coefficient (Wildman–Crippen LogP) is 13.0. The van der Waals surface area contributed by atoms with Gasteiger partial charge in [-0.25, -0.2) is 0 Å². The summed E-state index contributed by atoms with van der Waals surface area (Å²) in [4.78, 5) is 0. The van der Waals surface area contributed by atoms with Crippen LogP contribution in [0.4, 0.5) is 0 Å². The van der Waals surface area contributed by atoms with Gasteiger partial charge in [0.15, 0.2) is 46.0 Å².